The van der Waals surface area contributed by atoms with Gasteiger partial charge in [-0.25, -0.2) is 4.98 Å². The van der Waals surface area contributed by atoms with Crippen LogP contribution in [0.15, 0.2) is 44.7 Å². The zero-order valence-corrected chi connectivity index (χ0v) is 21.1. The number of halogens is 2. The molecular formula is C23H24BrClN4O4. The molecule has 0 bridgehead atoms. The fourth-order valence-corrected chi connectivity index (χ4v) is 3.74. The van der Waals surface area contributed by atoms with Crippen molar-refractivity contribution >= 4 is 50.3 Å². The molecule has 0 aliphatic carbocycles. The summed E-state index contributed by atoms with van der Waals surface area (Å²) in [5.74, 6) is 0.487. The minimum absolute atomic E-state index is 0.0165. The van der Waals surface area contributed by atoms with Gasteiger partial charge in [-0.1, -0.05) is 48.3 Å². The summed E-state index contributed by atoms with van der Waals surface area (Å²) in [6.45, 7) is 7.68. The van der Waals surface area contributed by atoms with Crippen LogP contribution in [-0.4, -0.2) is 26.9 Å². The summed E-state index contributed by atoms with van der Waals surface area (Å²) in [5, 5.41) is 16.5. The van der Waals surface area contributed by atoms with Gasteiger partial charge in [0.25, 0.3) is 5.56 Å². The number of hydrogen-bond donors (Lipinski definition) is 0. The molecule has 1 aromatic heterocycles. The van der Waals surface area contributed by atoms with Crippen molar-refractivity contribution in [3.05, 3.63) is 71.7 Å². The second kappa shape index (κ2) is 10.4. The predicted octanol–water partition coefficient (Wildman–Crippen LogP) is 6.29. The van der Waals surface area contributed by atoms with E-state index in [0.717, 1.165) is 10.9 Å². The van der Waals surface area contributed by atoms with Crippen molar-refractivity contribution in [3.63, 3.8) is 0 Å². The van der Waals surface area contributed by atoms with Gasteiger partial charge >= 0.3 is 5.69 Å². The Kier molecular flexibility index (Phi) is 7.86. The zero-order valence-electron chi connectivity index (χ0n) is 18.7. The summed E-state index contributed by atoms with van der Waals surface area (Å²) in [7, 11) is 0. The van der Waals surface area contributed by atoms with Gasteiger partial charge in [-0.3, -0.25) is 14.9 Å². The van der Waals surface area contributed by atoms with Crippen LogP contribution < -0.4 is 10.3 Å². The van der Waals surface area contributed by atoms with E-state index in [1.807, 2.05) is 33.8 Å². The molecule has 0 aliphatic rings. The Balaban J connectivity index is 2.14. The summed E-state index contributed by atoms with van der Waals surface area (Å²) >= 11 is 9.70. The van der Waals surface area contributed by atoms with Gasteiger partial charge in [0.05, 0.1) is 33.2 Å². The van der Waals surface area contributed by atoms with E-state index in [1.54, 1.807) is 12.1 Å². The molecule has 0 N–H and O–H groups in total. The van der Waals surface area contributed by atoms with Crippen LogP contribution in [0.2, 0.25) is 5.02 Å². The Morgan fingerprint density at radius 3 is 2.64 bits per heavy atom. The third-order valence-corrected chi connectivity index (χ3v) is 6.12. The molecule has 0 saturated heterocycles. The van der Waals surface area contributed by atoms with Crippen LogP contribution in [0.25, 0.3) is 10.9 Å². The van der Waals surface area contributed by atoms with Gasteiger partial charge in [-0.2, -0.15) is 9.78 Å². The molecule has 33 heavy (non-hydrogen) atoms. The van der Waals surface area contributed by atoms with Gasteiger partial charge in [-0.15, -0.1) is 0 Å². The number of hydrogen-bond acceptors (Lipinski definition) is 6. The van der Waals surface area contributed by atoms with E-state index >= 15 is 0 Å². The molecule has 0 amide bonds. The van der Waals surface area contributed by atoms with Crippen LogP contribution in [0.5, 0.6) is 5.75 Å². The minimum Gasteiger partial charge on any atom is -0.483 e. The number of fused-ring (bicyclic) bond motifs is 1. The first-order valence-corrected chi connectivity index (χ1v) is 11.7. The highest BCUT2D eigenvalue weighted by atomic mass is 79.9. The molecule has 10 heteroatoms. The molecule has 3 aromatic rings. The second-order valence-electron chi connectivity index (χ2n) is 7.75. The number of nitro benzene ring substituents is 1. The van der Waals surface area contributed by atoms with E-state index in [4.69, 9.17) is 16.3 Å². The largest absolute Gasteiger partial charge is 0.483 e. The quantitative estimate of drug-likeness (QED) is 0.192. The molecule has 0 aliphatic heterocycles. The highest BCUT2D eigenvalue weighted by Crippen LogP contribution is 2.36. The maximum absolute atomic E-state index is 13.2. The van der Waals surface area contributed by atoms with Gasteiger partial charge < -0.3 is 4.74 Å². The van der Waals surface area contributed by atoms with Crippen LogP contribution in [-0.2, 0) is 0 Å². The number of nitro groups is 1. The molecule has 0 saturated carbocycles. The molecule has 0 spiro atoms. The third kappa shape index (κ3) is 5.42. The summed E-state index contributed by atoms with van der Waals surface area (Å²) in [5.41, 5.74) is 0.346. The lowest BCUT2D eigenvalue weighted by molar-refractivity contribution is -0.386. The Labute approximate surface area is 204 Å². The average Bonchev–Trinajstić information content (AvgIpc) is 2.79. The van der Waals surface area contributed by atoms with Gasteiger partial charge in [0.15, 0.2) is 0 Å². The third-order valence-electron chi connectivity index (χ3n) is 5.35. The van der Waals surface area contributed by atoms with Crippen molar-refractivity contribution in [2.75, 3.05) is 0 Å². The highest BCUT2D eigenvalue weighted by Gasteiger charge is 2.22. The van der Waals surface area contributed by atoms with Gasteiger partial charge in [0.1, 0.15) is 5.82 Å². The number of nitrogens with zero attached hydrogens (tertiary/aromatic N) is 4. The van der Waals surface area contributed by atoms with Crippen LogP contribution in [0, 0.1) is 10.1 Å². The molecule has 0 fully saturated rings. The smallest absolute Gasteiger partial charge is 0.313 e. The zero-order chi connectivity index (χ0) is 24.3. The molecule has 3 rings (SSSR count). The lowest BCUT2D eigenvalue weighted by atomic mass is 10.1. The normalized spacial score (nSPS) is 13.4. The maximum atomic E-state index is 13.2. The van der Waals surface area contributed by atoms with Crippen molar-refractivity contribution in [2.45, 2.75) is 52.6 Å². The van der Waals surface area contributed by atoms with Crippen LogP contribution >= 0.6 is 27.5 Å². The molecule has 2 aromatic carbocycles. The van der Waals surface area contributed by atoms with Gasteiger partial charge in [0.2, 0.25) is 5.75 Å². The molecule has 2 atom stereocenters. The van der Waals surface area contributed by atoms with E-state index in [2.05, 4.69) is 26.0 Å². The number of rotatable bonds is 8. The topological polar surface area (TPSA) is 99.6 Å². The summed E-state index contributed by atoms with van der Waals surface area (Å²) in [6.07, 6.45) is 2.55. The van der Waals surface area contributed by atoms with Crippen molar-refractivity contribution in [3.8, 4) is 5.75 Å². The molecule has 174 valence electrons. The van der Waals surface area contributed by atoms with E-state index < -0.39 is 4.92 Å². The first-order chi connectivity index (χ1) is 15.7. The SMILES string of the molecule is CC[C@H](C)Oc1c(Cl)cc(C=Nn2c([C@@H](C)CC)nc3ccc(Br)cc3c2=O)cc1[N+](=O)[O-]. The fraction of sp³-hybridized carbons (Fsp3) is 0.348. The first-order valence-electron chi connectivity index (χ1n) is 10.6. The van der Waals surface area contributed by atoms with Gasteiger partial charge in [-0.05, 0) is 44.0 Å². The molecular weight excluding hydrogens is 512 g/mol. The number of ether oxygens (including phenoxy) is 1. The van der Waals surface area contributed by atoms with Crippen LogP contribution in [0.4, 0.5) is 5.69 Å². The Hall–Kier alpha value is -2.78. The van der Waals surface area contributed by atoms with Crippen molar-refractivity contribution in [1.29, 1.82) is 0 Å². The Morgan fingerprint density at radius 2 is 2.00 bits per heavy atom. The first kappa shape index (κ1) is 24.9. The van der Waals surface area contributed by atoms with Crippen molar-refractivity contribution in [1.82, 2.24) is 9.66 Å². The van der Waals surface area contributed by atoms with E-state index in [9.17, 15) is 14.9 Å². The van der Waals surface area contributed by atoms with E-state index in [1.165, 1.54) is 23.0 Å². The molecule has 0 unspecified atom stereocenters. The van der Waals surface area contributed by atoms with Crippen molar-refractivity contribution in [2.24, 2.45) is 5.10 Å². The summed E-state index contributed by atoms with van der Waals surface area (Å²) in [6, 6.07) is 8.15. The lowest BCUT2D eigenvalue weighted by Gasteiger charge is -2.15. The van der Waals surface area contributed by atoms with Crippen molar-refractivity contribution < 1.29 is 9.66 Å². The van der Waals surface area contributed by atoms with Crippen LogP contribution in [0.1, 0.15) is 57.8 Å². The van der Waals surface area contributed by atoms with Gasteiger partial charge in [0, 0.05) is 22.0 Å². The average molecular weight is 536 g/mol. The molecule has 8 nitrogen and oxygen atoms in total. The predicted molar refractivity (Wildman–Crippen MR) is 134 cm³/mol. The number of aromatic nitrogens is 2. The Morgan fingerprint density at radius 1 is 1.27 bits per heavy atom. The van der Waals surface area contributed by atoms with E-state index in [-0.39, 0.29) is 34.0 Å². The summed E-state index contributed by atoms with van der Waals surface area (Å²) < 4.78 is 7.65. The highest BCUT2D eigenvalue weighted by molar-refractivity contribution is 9.10. The lowest BCUT2D eigenvalue weighted by Crippen LogP contribution is -2.23. The minimum atomic E-state index is -0.549. The van der Waals surface area contributed by atoms with E-state index in [0.29, 0.717) is 28.7 Å². The maximum Gasteiger partial charge on any atom is 0.313 e. The monoisotopic (exact) mass is 534 g/mol. The van der Waals surface area contributed by atoms with Crippen LogP contribution in [0.3, 0.4) is 0 Å². The standard InChI is InChI=1S/C23H24BrClN4O4/c1-5-13(3)22-27-19-8-7-16(24)11-17(19)23(30)28(22)26-12-15-9-18(25)21(33-14(4)6-2)20(10-15)29(31)32/h7-14H,5-6H2,1-4H3/t13-,14-/m0/s1. The molecule has 0 radical (unpaired) electrons. The second-order valence-corrected chi connectivity index (χ2v) is 9.07. The fourth-order valence-electron chi connectivity index (χ4n) is 3.11. The Bertz CT molecular complexity index is 1290. The number of benzene rings is 2. The summed E-state index contributed by atoms with van der Waals surface area (Å²) in [4.78, 5) is 29.0. The molecule has 1 heterocycles.